The lowest BCUT2D eigenvalue weighted by Crippen LogP contribution is -2.41. The van der Waals surface area contributed by atoms with Gasteiger partial charge in [0.25, 0.3) is 11.1 Å². The topological polar surface area (TPSA) is 86.5 Å². The van der Waals surface area contributed by atoms with Crippen molar-refractivity contribution in [2.45, 2.75) is 11.3 Å². The number of carbonyl (C=O) groups is 1. The summed E-state index contributed by atoms with van der Waals surface area (Å²) in [4.78, 5) is 12.1. The number of ether oxygens (including phenoxy) is 2. The Morgan fingerprint density at radius 3 is 2.79 bits per heavy atom. The number of rotatable bonds is 6. The summed E-state index contributed by atoms with van der Waals surface area (Å²) >= 11 is 1.08. The van der Waals surface area contributed by atoms with Crippen LogP contribution in [0.25, 0.3) is 11.5 Å². The van der Waals surface area contributed by atoms with E-state index in [0.29, 0.717) is 24.7 Å². The van der Waals surface area contributed by atoms with Crippen LogP contribution >= 0.6 is 11.8 Å². The van der Waals surface area contributed by atoms with Gasteiger partial charge in [0.15, 0.2) is 11.5 Å². The zero-order valence-electron chi connectivity index (χ0n) is 14.6. The predicted octanol–water partition coefficient (Wildman–Crippen LogP) is 2.92. The number of thioether (sulfide) groups is 1. The number of hydrogen-bond acceptors (Lipinski definition) is 7. The molecule has 2 aromatic carbocycles. The van der Waals surface area contributed by atoms with E-state index < -0.39 is 5.82 Å². The molecule has 1 N–H and O–H groups in total. The molecule has 0 radical (unpaired) electrons. The Morgan fingerprint density at radius 1 is 1.14 bits per heavy atom. The van der Waals surface area contributed by atoms with Gasteiger partial charge in [-0.25, -0.2) is 4.39 Å². The smallest absolute Gasteiger partial charge is 0.277 e. The van der Waals surface area contributed by atoms with E-state index in [1.807, 2.05) is 24.3 Å². The van der Waals surface area contributed by atoms with E-state index in [0.717, 1.165) is 11.8 Å². The van der Waals surface area contributed by atoms with Crippen LogP contribution in [-0.4, -0.2) is 41.1 Å². The van der Waals surface area contributed by atoms with Gasteiger partial charge in [0.1, 0.15) is 18.5 Å². The lowest BCUT2D eigenvalue weighted by molar-refractivity contribution is -0.119. The van der Waals surface area contributed by atoms with Crippen molar-refractivity contribution < 1.29 is 23.1 Å². The van der Waals surface area contributed by atoms with Gasteiger partial charge in [0.2, 0.25) is 5.91 Å². The lowest BCUT2D eigenvalue weighted by Gasteiger charge is -2.26. The van der Waals surface area contributed by atoms with E-state index >= 15 is 0 Å². The van der Waals surface area contributed by atoms with Crippen molar-refractivity contribution in [1.29, 1.82) is 0 Å². The number of amides is 1. The SMILES string of the molecule is O=C(CSc1nnc(-c2ccccc2F)o1)NC[C@@H]1COc2ccccc2O1. The summed E-state index contributed by atoms with van der Waals surface area (Å²) in [6.45, 7) is 0.679. The van der Waals surface area contributed by atoms with Gasteiger partial charge in [-0.3, -0.25) is 4.79 Å². The van der Waals surface area contributed by atoms with Gasteiger partial charge >= 0.3 is 0 Å². The highest BCUT2D eigenvalue weighted by Crippen LogP contribution is 2.30. The third kappa shape index (κ3) is 4.25. The standard InChI is InChI=1S/C19H16FN3O4S/c20-14-6-2-1-5-13(14)18-22-23-19(27-18)28-11-17(24)21-9-12-10-25-15-7-3-4-8-16(15)26-12/h1-8,12H,9-11H2,(H,21,24)/t12-/m1/s1. The molecular formula is C19H16FN3O4S. The Hall–Kier alpha value is -3.07. The molecule has 9 heteroatoms. The van der Waals surface area contributed by atoms with Crippen LogP contribution in [0.5, 0.6) is 11.5 Å². The molecule has 0 saturated heterocycles. The molecule has 0 aliphatic carbocycles. The second kappa shape index (κ2) is 8.30. The van der Waals surface area contributed by atoms with Gasteiger partial charge in [-0.2, -0.15) is 0 Å². The van der Waals surface area contributed by atoms with Crippen LogP contribution in [0.1, 0.15) is 0 Å². The third-order valence-corrected chi connectivity index (χ3v) is 4.75. The minimum atomic E-state index is -0.447. The first-order valence-corrected chi connectivity index (χ1v) is 9.54. The summed E-state index contributed by atoms with van der Waals surface area (Å²) in [6, 6.07) is 13.5. The van der Waals surface area contributed by atoms with Crippen LogP contribution in [-0.2, 0) is 4.79 Å². The first-order valence-electron chi connectivity index (χ1n) is 8.55. The maximum atomic E-state index is 13.7. The molecular weight excluding hydrogens is 385 g/mol. The zero-order chi connectivity index (χ0) is 19.3. The van der Waals surface area contributed by atoms with Crippen LogP contribution in [0.2, 0.25) is 0 Å². The lowest BCUT2D eigenvalue weighted by atomic mass is 10.2. The first-order chi connectivity index (χ1) is 13.7. The highest BCUT2D eigenvalue weighted by molar-refractivity contribution is 7.99. The summed E-state index contributed by atoms with van der Waals surface area (Å²) in [6.07, 6.45) is -0.264. The monoisotopic (exact) mass is 401 g/mol. The van der Waals surface area contributed by atoms with E-state index in [9.17, 15) is 9.18 Å². The number of halogens is 1. The van der Waals surface area contributed by atoms with Gasteiger partial charge < -0.3 is 19.2 Å². The minimum Gasteiger partial charge on any atom is -0.486 e. The molecule has 1 atom stereocenters. The first kappa shape index (κ1) is 18.3. The Balaban J connectivity index is 1.25. The van der Waals surface area contributed by atoms with Crippen molar-refractivity contribution in [3.05, 3.63) is 54.3 Å². The molecule has 2 heterocycles. The summed E-state index contributed by atoms with van der Waals surface area (Å²) in [7, 11) is 0. The second-order valence-corrected chi connectivity index (χ2v) is 6.87. The van der Waals surface area contributed by atoms with E-state index in [1.165, 1.54) is 6.07 Å². The quantitative estimate of drug-likeness (QED) is 0.636. The summed E-state index contributed by atoms with van der Waals surface area (Å²) in [5.74, 6) is 0.863. The average molecular weight is 401 g/mol. The minimum absolute atomic E-state index is 0.0763. The molecule has 144 valence electrons. The van der Waals surface area contributed by atoms with Gasteiger partial charge in [0.05, 0.1) is 17.9 Å². The zero-order valence-corrected chi connectivity index (χ0v) is 15.4. The second-order valence-electron chi connectivity index (χ2n) is 5.94. The molecule has 1 aliphatic rings. The number of benzene rings is 2. The molecule has 1 aromatic heterocycles. The summed E-state index contributed by atoms with van der Waals surface area (Å²) < 4.78 is 30.6. The van der Waals surface area contributed by atoms with E-state index in [1.54, 1.807) is 18.2 Å². The Kier molecular flexibility index (Phi) is 5.43. The average Bonchev–Trinajstić information content (AvgIpc) is 3.19. The molecule has 0 unspecified atom stereocenters. The maximum absolute atomic E-state index is 13.7. The van der Waals surface area contributed by atoms with E-state index in [4.69, 9.17) is 13.9 Å². The molecule has 1 aliphatic heterocycles. The van der Waals surface area contributed by atoms with Gasteiger partial charge in [-0.1, -0.05) is 36.0 Å². The highest BCUT2D eigenvalue weighted by atomic mass is 32.2. The fraction of sp³-hybridized carbons (Fsp3) is 0.211. The van der Waals surface area contributed by atoms with Crippen molar-refractivity contribution in [2.75, 3.05) is 18.9 Å². The van der Waals surface area contributed by atoms with Crippen molar-refractivity contribution in [3.63, 3.8) is 0 Å². The fourth-order valence-corrected chi connectivity index (χ4v) is 3.17. The van der Waals surface area contributed by atoms with Crippen LogP contribution in [0, 0.1) is 5.82 Å². The number of carbonyl (C=O) groups excluding carboxylic acids is 1. The molecule has 0 saturated carbocycles. The number of para-hydroxylation sites is 2. The molecule has 1 amide bonds. The molecule has 28 heavy (non-hydrogen) atoms. The number of nitrogens with one attached hydrogen (secondary N) is 1. The van der Waals surface area contributed by atoms with Gasteiger partial charge in [0, 0.05) is 0 Å². The van der Waals surface area contributed by atoms with Crippen LogP contribution in [0.15, 0.2) is 58.2 Å². The van der Waals surface area contributed by atoms with Crippen molar-refractivity contribution >= 4 is 17.7 Å². The normalized spacial score (nSPS) is 15.2. The van der Waals surface area contributed by atoms with E-state index in [-0.39, 0.29) is 34.4 Å². The Morgan fingerprint density at radius 2 is 1.93 bits per heavy atom. The highest BCUT2D eigenvalue weighted by Gasteiger charge is 2.21. The predicted molar refractivity (Wildman–Crippen MR) is 99.8 cm³/mol. The fourth-order valence-electron chi connectivity index (χ4n) is 2.58. The Bertz CT molecular complexity index is 981. The van der Waals surface area contributed by atoms with Gasteiger partial charge in [-0.15, -0.1) is 10.2 Å². The number of fused-ring (bicyclic) bond motifs is 1. The van der Waals surface area contributed by atoms with Crippen LogP contribution < -0.4 is 14.8 Å². The molecule has 0 bridgehead atoms. The van der Waals surface area contributed by atoms with Crippen LogP contribution in [0.3, 0.4) is 0 Å². The Labute approximate surface area is 164 Å². The number of nitrogens with zero attached hydrogens (tertiary/aromatic N) is 2. The van der Waals surface area contributed by atoms with Crippen molar-refractivity contribution in [2.24, 2.45) is 0 Å². The van der Waals surface area contributed by atoms with Gasteiger partial charge in [-0.05, 0) is 24.3 Å². The van der Waals surface area contributed by atoms with Crippen LogP contribution in [0.4, 0.5) is 4.39 Å². The molecule has 0 spiro atoms. The summed E-state index contributed by atoms with van der Waals surface area (Å²) in [5.41, 5.74) is 0.223. The maximum Gasteiger partial charge on any atom is 0.277 e. The van der Waals surface area contributed by atoms with Crippen molar-refractivity contribution in [1.82, 2.24) is 15.5 Å². The molecule has 0 fully saturated rings. The number of aromatic nitrogens is 2. The summed E-state index contributed by atoms with van der Waals surface area (Å²) in [5, 5.41) is 10.6. The molecule has 4 rings (SSSR count). The molecule has 7 nitrogen and oxygen atoms in total. The van der Waals surface area contributed by atoms with Crippen molar-refractivity contribution in [3.8, 4) is 23.0 Å². The number of hydrogen-bond donors (Lipinski definition) is 1. The third-order valence-electron chi connectivity index (χ3n) is 3.93. The molecule has 3 aromatic rings. The van der Waals surface area contributed by atoms with E-state index in [2.05, 4.69) is 15.5 Å². The largest absolute Gasteiger partial charge is 0.486 e.